The molecule has 1 aromatic heterocycles. The van der Waals surface area contributed by atoms with Gasteiger partial charge in [-0.3, -0.25) is 14.5 Å². The van der Waals surface area contributed by atoms with Crippen LogP contribution in [0.4, 0.5) is 11.4 Å². The van der Waals surface area contributed by atoms with Gasteiger partial charge in [-0.25, -0.2) is 8.42 Å². The van der Waals surface area contributed by atoms with Gasteiger partial charge in [-0.05, 0) is 48.0 Å². The Morgan fingerprint density at radius 2 is 1.55 bits per heavy atom. The van der Waals surface area contributed by atoms with Crippen molar-refractivity contribution in [2.75, 3.05) is 38.0 Å². The zero-order valence-corrected chi connectivity index (χ0v) is 22.0. The minimum atomic E-state index is -3.92. The van der Waals surface area contributed by atoms with Gasteiger partial charge >= 0.3 is 0 Å². The molecule has 2 heterocycles. The molecule has 38 heavy (non-hydrogen) atoms. The number of methoxy groups -OCH3 is 3. The largest absolute Gasteiger partial charge is 0.493 e. The first-order valence-electron chi connectivity index (χ1n) is 11.5. The van der Waals surface area contributed by atoms with E-state index in [4.69, 9.17) is 18.9 Å². The Balaban J connectivity index is 1.42. The average molecular weight is 536 g/mol. The maximum absolute atomic E-state index is 13.1. The van der Waals surface area contributed by atoms with Gasteiger partial charge in [-0.15, -0.1) is 0 Å². The van der Waals surface area contributed by atoms with Gasteiger partial charge < -0.3 is 23.8 Å². The van der Waals surface area contributed by atoms with E-state index in [1.807, 2.05) is 0 Å². The van der Waals surface area contributed by atoms with Crippen LogP contribution in [0.1, 0.15) is 5.56 Å². The van der Waals surface area contributed by atoms with Crippen molar-refractivity contribution < 1.29 is 32.2 Å². The summed E-state index contributed by atoms with van der Waals surface area (Å²) in [5.41, 5.74) is 2.30. The molecule has 3 aromatic carbocycles. The Morgan fingerprint density at radius 3 is 2.29 bits per heavy atom. The summed E-state index contributed by atoms with van der Waals surface area (Å²) in [6.45, 7) is 0. The number of benzene rings is 3. The summed E-state index contributed by atoms with van der Waals surface area (Å²) >= 11 is 0. The number of carbonyl (C=O) groups excluding carboxylic acids is 1. The lowest BCUT2D eigenvalue weighted by atomic mass is 10.1. The molecule has 0 unspecified atom stereocenters. The third-order valence-corrected chi connectivity index (χ3v) is 7.66. The minimum absolute atomic E-state index is 0.0614. The van der Waals surface area contributed by atoms with Crippen LogP contribution in [0, 0.1) is 0 Å². The Morgan fingerprint density at radius 1 is 0.842 bits per heavy atom. The van der Waals surface area contributed by atoms with Crippen LogP contribution in [0.25, 0.3) is 10.9 Å². The van der Waals surface area contributed by atoms with Crippen LogP contribution in [-0.2, 0) is 21.2 Å². The molecule has 1 N–H and O–H groups in total. The SMILES string of the molecule is COc1cc2nccc(Oc3ccc(NS(=O)(=O)c4ccc5c(c4)CC(=O)N5C)cc3OC)c2cc1OC. The summed E-state index contributed by atoms with van der Waals surface area (Å²) in [5, 5.41) is 0.692. The number of amides is 1. The summed E-state index contributed by atoms with van der Waals surface area (Å²) in [5.74, 6) is 2.18. The van der Waals surface area contributed by atoms with E-state index in [1.165, 1.54) is 30.2 Å². The Labute approximate surface area is 219 Å². The zero-order valence-electron chi connectivity index (χ0n) is 21.1. The molecule has 0 radical (unpaired) electrons. The summed E-state index contributed by atoms with van der Waals surface area (Å²) in [6.07, 6.45) is 1.78. The number of sulfonamides is 1. The third kappa shape index (κ3) is 4.52. The quantitative estimate of drug-likeness (QED) is 0.354. The number of nitrogens with one attached hydrogen (secondary N) is 1. The van der Waals surface area contributed by atoms with Crippen molar-refractivity contribution in [1.82, 2.24) is 4.98 Å². The number of hydrogen-bond acceptors (Lipinski definition) is 8. The van der Waals surface area contributed by atoms with Crippen molar-refractivity contribution in [1.29, 1.82) is 0 Å². The number of likely N-dealkylation sites (N-methyl/N-ethyl adjacent to an activating group) is 1. The van der Waals surface area contributed by atoms with E-state index in [9.17, 15) is 13.2 Å². The second-order valence-corrected chi connectivity index (χ2v) is 10.2. The Hall–Kier alpha value is -4.51. The molecule has 11 heteroatoms. The molecular weight excluding hydrogens is 510 g/mol. The number of hydrogen-bond donors (Lipinski definition) is 1. The van der Waals surface area contributed by atoms with Gasteiger partial charge in [0, 0.05) is 36.5 Å². The molecule has 0 atom stereocenters. The number of nitrogens with zero attached hydrogens (tertiary/aromatic N) is 2. The molecule has 0 saturated heterocycles. The van der Waals surface area contributed by atoms with Crippen LogP contribution in [0.5, 0.6) is 28.7 Å². The van der Waals surface area contributed by atoms with Crippen molar-refractivity contribution in [3.05, 3.63) is 66.4 Å². The fourth-order valence-corrected chi connectivity index (χ4v) is 5.40. The van der Waals surface area contributed by atoms with Crippen molar-refractivity contribution >= 4 is 38.2 Å². The fourth-order valence-electron chi connectivity index (χ4n) is 4.30. The maximum atomic E-state index is 13.1. The fraction of sp³-hybridized carbons (Fsp3) is 0.185. The molecular formula is C27H25N3O7S. The molecule has 196 valence electrons. The van der Waals surface area contributed by atoms with E-state index in [0.29, 0.717) is 50.9 Å². The van der Waals surface area contributed by atoms with E-state index in [-0.39, 0.29) is 22.9 Å². The second-order valence-electron chi connectivity index (χ2n) is 8.53. The van der Waals surface area contributed by atoms with E-state index in [1.54, 1.807) is 63.9 Å². The molecule has 0 spiro atoms. The molecule has 1 aliphatic heterocycles. The van der Waals surface area contributed by atoms with Gasteiger partial charge in [0.1, 0.15) is 5.75 Å². The highest BCUT2D eigenvalue weighted by atomic mass is 32.2. The lowest BCUT2D eigenvalue weighted by molar-refractivity contribution is -0.117. The van der Waals surface area contributed by atoms with Gasteiger partial charge in [0.15, 0.2) is 23.0 Å². The van der Waals surface area contributed by atoms with Crippen LogP contribution >= 0.6 is 0 Å². The predicted molar refractivity (Wildman–Crippen MR) is 142 cm³/mol. The van der Waals surface area contributed by atoms with Crippen molar-refractivity contribution in [2.24, 2.45) is 0 Å². The second kappa shape index (κ2) is 9.75. The molecule has 0 bridgehead atoms. The molecule has 1 amide bonds. The van der Waals surface area contributed by atoms with Gasteiger partial charge in [0.2, 0.25) is 5.91 Å². The van der Waals surface area contributed by atoms with Gasteiger partial charge in [0.25, 0.3) is 10.0 Å². The number of aromatic nitrogens is 1. The predicted octanol–water partition coefficient (Wildman–Crippen LogP) is 4.37. The monoisotopic (exact) mass is 535 g/mol. The van der Waals surface area contributed by atoms with Crippen LogP contribution in [0.3, 0.4) is 0 Å². The smallest absolute Gasteiger partial charge is 0.261 e. The highest BCUT2D eigenvalue weighted by molar-refractivity contribution is 7.92. The first-order valence-corrected chi connectivity index (χ1v) is 13.0. The highest BCUT2D eigenvalue weighted by Gasteiger charge is 2.26. The topological polar surface area (TPSA) is 116 Å². The number of rotatable bonds is 8. The highest BCUT2D eigenvalue weighted by Crippen LogP contribution is 2.40. The number of carbonyl (C=O) groups is 1. The Bertz CT molecular complexity index is 1670. The van der Waals surface area contributed by atoms with Crippen molar-refractivity contribution in [2.45, 2.75) is 11.3 Å². The lowest BCUT2D eigenvalue weighted by Gasteiger charge is -2.15. The Kier molecular flexibility index (Phi) is 6.45. The lowest BCUT2D eigenvalue weighted by Crippen LogP contribution is -2.20. The zero-order chi connectivity index (χ0) is 27.0. The molecule has 4 aromatic rings. The van der Waals surface area contributed by atoms with Crippen LogP contribution in [0.2, 0.25) is 0 Å². The third-order valence-electron chi connectivity index (χ3n) is 6.28. The van der Waals surface area contributed by atoms with Gasteiger partial charge in [-0.2, -0.15) is 0 Å². The normalized spacial score (nSPS) is 12.8. The minimum Gasteiger partial charge on any atom is -0.493 e. The van der Waals surface area contributed by atoms with E-state index < -0.39 is 10.0 Å². The van der Waals surface area contributed by atoms with Crippen LogP contribution < -0.4 is 28.6 Å². The molecule has 0 fully saturated rings. The molecule has 10 nitrogen and oxygen atoms in total. The number of pyridine rings is 1. The maximum Gasteiger partial charge on any atom is 0.261 e. The number of ether oxygens (including phenoxy) is 4. The van der Waals surface area contributed by atoms with Gasteiger partial charge in [0.05, 0.1) is 43.8 Å². The summed E-state index contributed by atoms with van der Waals surface area (Å²) in [7, 11) is 2.31. The molecule has 5 rings (SSSR count). The van der Waals surface area contributed by atoms with Crippen molar-refractivity contribution in [3.8, 4) is 28.7 Å². The summed E-state index contributed by atoms with van der Waals surface area (Å²) in [6, 6.07) is 14.6. The first kappa shape index (κ1) is 25.2. The molecule has 0 saturated carbocycles. The van der Waals surface area contributed by atoms with E-state index in [0.717, 1.165) is 0 Å². The van der Waals surface area contributed by atoms with Crippen LogP contribution in [0.15, 0.2) is 65.7 Å². The summed E-state index contributed by atoms with van der Waals surface area (Å²) < 4.78 is 51.2. The summed E-state index contributed by atoms with van der Waals surface area (Å²) in [4.78, 5) is 17.9. The molecule has 1 aliphatic rings. The average Bonchev–Trinajstić information content (AvgIpc) is 3.21. The molecule has 0 aliphatic carbocycles. The van der Waals surface area contributed by atoms with E-state index in [2.05, 4.69) is 9.71 Å². The van der Waals surface area contributed by atoms with Crippen molar-refractivity contribution in [3.63, 3.8) is 0 Å². The van der Waals surface area contributed by atoms with Crippen LogP contribution in [-0.4, -0.2) is 47.7 Å². The first-order chi connectivity index (χ1) is 18.2. The number of fused-ring (bicyclic) bond motifs is 2. The van der Waals surface area contributed by atoms with Gasteiger partial charge in [-0.1, -0.05) is 0 Å². The number of anilines is 2. The standard InChI is InChI=1S/C27H25N3O7S/c1-30-21-7-6-18(11-16(21)12-27(30)31)38(32,33)29-17-5-8-23(24(13-17)34-2)37-22-9-10-28-20-15-26(36-4)25(35-3)14-19(20)22/h5-11,13-15,29H,12H2,1-4H3. The van der Waals surface area contributed by atoms with E-state index >= 15 is 0 Å².